The highest BCUT2D eigenvalue weighted by atomic mass is 16.6. The highest BCUT2D eigenvalue weighted by molar-refractivity contribution is 5.86. The van der Waals surface area contributed by atoms with E-state index in [2.05, 4.69) is 59.2 Å². The van der Waals surface area contributed by atoms with Crippen LogP contribution in [-0.4, -0.2) is 58.1 Å². The Labute approximate surface area is 193 Å². The van der Waals surface area contributed by atoms with Gasteiger partial charge in [0.1, 0.15) is 13.1 Å². The number of alkyl carbamates (subject to hydrolysis) is 1. The van der Waals surface area contributed by atoms with Crippen LogP contribution in [0.3, 0.4) is 0 Å². The number of amides is 1. The fraction of sp³-hybridized carbons (Fsp3) is 0.400. The number of hydrogen-bond donors (Lipinski definition) is 2. The second-order valence-corrected chi connectivity index (χ2v) is 9.21. The number of aryl methyl sites for hydroxylation is 4. The average Bonchev–Trinajstić information content (AvgIpc) is 3.07. The molecule has 174 valence electrons. The van der Waals surface area contributed by atoms with Crippen molar-refractivity contribution in [1.82, 2.24) is 14.9 Å². The van der Waals surface area contributed by atoms with Crippen molar-refractivity contribution >= 4 is 23.0 Å². The zero-order chi connectivity index (χ0) is 23.6. The largest absolute Gasteiger partial charge is 0.480 e. The second kappa shape index (κ2) is 9.23. The van der Waals surface area contributed by atoms with E-state index in [4.69, 9.17) is 9.84 Å². The van der Waals surface area contributed by atoms with E-state index in [1.54, 1.807) is 0 Å². The van der Waals surface area contributed by atoms with Crippen molar-refractivity contribution in [2.75, 3.05) is 26.9 Å². The number of rotatable bonds is 7. The third-order valence-corrected chi connectivity index (χ3v) is 6.36. The van der Waals surface area contributed by atoms with Crippen LogP contribution in [-0.2, 0) is 35.5 Å². The topological polar surface area (TPSA) is 93.5 Å². The molecule has 3 aromatic rings. The van der Waals surface area contributed by atoms with Gasteiger partial charge in [-0.1, -0.05) is 17.7 Å². The van der Waals surface area contributed by atoms with Gasteiger partial charge in [0, 0.05) is 47.0 Å². The summed E-state index contributed by atoms with van der Waals surface area (Å²) in [4.78, 5) is 26.9. The number of nitrogens with one attached hydrogen (secondary N) is 1. The lowest BCUT2D eigenvalue weighted by molar-refractivity contribution is -0.940. The van der Waals surface area contributed by atoms with E-state index in [0.717, 1.165) is 38.2 Å². The summed E-state index contributed by atoms with van der Waals surface area (Å²) < 4.78 is 8.35. The number of carboxylic acid groups (broad SMARTS) is 1. The minimum Gasteiger partial charge on any atom is -0.480 e. The van der Waals surface area contributed by atoms with E-state index in [0.29, 0.717) is 4.48 Å². The SMILES string of the molecule is Cc1ccc2c(c1)c1c(n2CCc2ccc(C)nc2)CC[N+](C)(COC(=O)NCC(=O)O)C1. The summed E-state index contributed by atoms with van der Waals surface area (Å²) in [7, 11) is 2.07. The maximum Gasteiger partial charge on any atom is 0.411 e. The zero-order valence-corrected chi connectivity index (χ0v) is 19.4. The number of likely N-dealkylation sites (N-methyl/N-ethyl adjacent to an activating group) is 1. The summed E-state index contributed by atoms with van der Waals surface area (Å²) in [6, 6.07) is 10.8. The lowest BCUT2D eigenvalue weighted by Gasteiger charge is -2.37. The molecule has 0 aliphatic carbocycles. The second-order valence-electron chi connectivity index (χ2n) is 9.21. The molecule has 1 aliphatic rings. The lowest BCUT2D eigenvalue weighted by Crippen LogP contribution is -2.50. The molecule has 1 amide bonds. The Balaban J connectivity index is 1.55. The van der Waals surface area contributed by atoms with Crippen LogP contribution >= 0.6 is 0 Å². The zero-order valence-electron chi connectivity index (χ0n) is 19.4. The molecule has 0 saturated carbocycles. The van der Waals surface area contributed by atoms with E-state index in [1.807, 2.05) is 13.1 Å². The molecule has 2 aromatic heterocycles. The number of carbonyl (C=O) groups excluding carboxylic acids is 1. The number of carbonyl (C=O) groups is 2. The number of aromatic nitrogens is 2. The molecule has 4 rings (SSSR count). The standard InChI is InChI=1S/C25H30N4O4/c1-17-4-7-22-20(12-17)21-15-29(3,16-33-25(32)27-14-24(30)31)11-9-23(21)28(22)10-8-19-6-5-18(2)26-13-19/h4-7,12-13H,8-11,14-16H2,1-3H3,(H-,27,30,31,32)/p+1. The first kappa shape index (κ1) is 22.8. The number of aliphatic carboxylic acids is 1. The van der Waals surface area contributed by atoms with Crippen LogP contribution in [0.25, 0.3) is 10.9 Å². The van der Waals surface area contributed by atoms with Crippen LogP contribution in [0.4, 0.5) is 4.79 Å². The van der Waals surface area contributed by atoms with Gasteiger partial charge in [-0.05, 0) is 44.0 Å². The number of carboxylic acids is 1. The van der Waals surface area contributed by atoms with Crippen molar-refractivity contribution in [3.8, 4) is 0 Å². The molecule has 1 atom stereocenters. The fourth-order valence-corrected chi connectivity index (χ4v) is 4.56. The molecule has 33 heavy (non-hydrogen) atoms. The van der Waals surface area contributed by atoms with Crippen LogP contribution in [0, 0.1) is 13.8 Å². The number of ether oxygens (including phenoxy) is 1. The van der Waals surface area contributed by atoms with Gasteiger partial charge in [0.15, 0.2) is 0 Å². The van der Waals surface area contributed by atoms with Gasteiger partial charge in [-0.3, -0.25) is 14.3 Å². The summed E-state index contributed by atoms with van der Waals surface area (Å²) in [6.45, 7) is 6.32. The Kier molecular flexibility index (Phi) is 6.37. The van der Waals surface area contributed by atoms with E-state index >= 15 is 0 Å². The third kappa shape index (κ3) is 5.17. The predicted octanol–water partition coefficient (Wildman–Crippen LogP) is 3.17. The summed E-state index contributed by atoms with van der Waals surface area (Å²) in [5.74, 6) is -1.10. The van der Waals surface area contributed by atoms with Gasteiger partial charge in [-0.15, -0.1) is 0 Å². The molecule has 1 aromatic carbocycles. The highest BCUT2D eigenvalue weighted by Gasteiger charge is 2.34. The van der Waals surface area contributed by atoms with Crippen molar-refractivity contribution in [1.29, 1.82) is 0 Å². The van der Waals surface area contributed by atoms with E-state index in [1.165, 1.54) is 33.3 Å². The van der Waals surface area contributed by atoms with Crippen molar-refractivity contribution < 1.29 is 23.9 Å². The van der Waals surface area contributed by atoms with Crippen molar-refractivity contribution in [2.45, 2.75) is 39.8 Å². The van der Waals surface area contributed by atoms with Gasteiger partial charge in [0.25, 0.3) is 0 Å². The Bertz CT molecular complexity index is 1190. The van der Waals surface area contributed by atoms with Crippen molar-refractivity contribution in [2.24, 2.45) is 0 Å². The number of quaternary nitrogens is 1. The number of fused-ring (bicyclic) bond motifs is 3. The van der Waals surface area contributed by atoms with Crippen molar-refractivity contribution in [3.63, 3.8) is 0 Å². The summed E-state index contributed by atoms with van der Waals surface area (Å²) in [6.07, 6.45) is 3.05. The molecule has 8 nitrogen and oxygen atoms in total. The number of benzene rings is 1. The molecule has 0 saturated heterocycles. The molecular formula is C25H31N4O4+. The van der Waals surface area contributed by atoms with Gasteiger partial charge < -0.3 is 19.7 Å². The van der Waals surface area contributed by atoms with E-state index < -0.39 is 18.6 Å². The molecular weight excluding hydrogens is 420 g/mol. The minimum absolute atomic E-state index is 0.193. The smallest absolute Gasteiger partial charge is 0.411 e. The Morgan fingerprint density at radius 2 is 2.06 bits per heavy atom. The highest BCUT2D eigenvalue weighted by Crippen LogP contribution is 2.34. The molecule has 2 N–H and O–H groups in total. The Morgan fingerprint density at radius 1 is 1.24 bits per heavy atom. The van der Waals surface area contributed by atoms with Gasteiger partial charge in [-0.25, -0.2) is 4.79 Å². The molecule has 0 spiro atoms. The quantitative estimate of drug-likeness (QED) is 0.538. The van der Waals surface area contributed by atoms with Crippen LogP contribution in [0.2, 0.25) is 0 Å². The number of pyridine rings is 1. The monoisotopic (exact) mass is 451 g/mol. The fourth-order valence-electron chi connectivity index (χ4n) is 4.56. The summed E-state index contributed by atoms with van der Waals surface area (Å²) in [5.41, 5.74) is 7.35. The Hall–Kier alpha value is -3.39. The van der Waals surface area contributed by atoms with E-state index in [-0.39, 0.29) is 6.73 Å². The first-order valence-corrected chi connectivity index (χ1v) is 11.2. The number of hydrogen-bond acceptors (Lipinski definition) is 4. The summed E-state index contributed by atoms with van der Waals surface area (Å²) >= 11 is 0. The maximum absolute atomic E-state index is 11.9. The van der Waals surface area contributed by atoms with Gasteiger partial charge in [0.2, 0.25) is 6.73 Å². The maximum atomic E-state index is 11.9. The van der Waals surface area contributed by atoms with Crippen LogP contribution in [0.5, 0.6) is 0 Å². The normalized spacial score (nSPS) is 17.5. The van der Waals surface area contributed by atoms with Crippen LogP contribution in [0.1, 0.15) is 28.1 Å². The number of nitrogens with zero attached hydrogens (tertiary/aromatic N) is 3. The molecule has 1 unspecified atom stereocenters. The molecule has 0 fully saturated rings. The predicted molar refractivity (Wildman–Crippen MR) is 125 cm³/mol. The average molecular weight is 452 g/mol. The lowest BCUT2D eigenvalue weighted by atomic mass is 10.0. The molecule has 3 heterocycles. The molecule has 0 radical (unpaired) electrons. The third-order valence-electron chi connectivity index (χ3n) is 6.36. The first-order valence-electron chi connectivity index (χ1n) is 11.2. The van der Waals surface area contributed by atoms with Gasteiger partial charge in [0.05, 0.1) is 13.6 Å². The van der Waals surface area contributed by atoms with E-state index in [9.17, 15) is 9.59 Å². The van der Waals surface area contributed by atoms with Gasteiger partial charge in [-0.2, -0.15) is 0 Å². The molecule has 1 aliphatic heterocycles. The Morgan fingerprint density at radius 3 is 2.79 bits per heavy atom. The molecule has 8 heteroatoms. The first-order chi connectivity index (χ1) is 15.7. The van der Waals surface area contributed by atoms with Crippen LogP contribution < -0.4 is 5.32 Å². The van der Waals surface area contributed by atoms with Crippen molar-refractivity contribution in [3.05, 3.63) is 64.6 Å². The van der Waals surface area contributed by atoms with Crippen LogP contribution in [0.15, 0.2) is 36.5 Å². The van der Waals surface area contributed by atoms with Gasteiger partial charge >= 0.3 is 12.1 Å². The minimum atomic E-state index is -1.10. The summed E-state index contributed by atoms with van der Waals surface area (Å²) in [5, 5.41) is 12.2. The molecule has 0 bridgehead atoms.